The molecule has 19 heavy (non-hydrogen) atoms. The van der Waals surface area contributed by atoms with E-state index in [2.05, 4.69) is 0 Å². The monoisotopic (exact) mass is 288 g/mol. The normalized spacial score (nSPS) is 27.2. The molecule has 2 heterocycles. The second-order valence-electron chi connectivity index (χ2n) is 5.43. The van der Waals surface area contributed by atoms with Crippen molar-refractivity contribution < 1.29 is 19.4 Å². The van der Waals surface area contributed by atoms with E-state index in [1.165, 1.54) is 4.90 Å². The van der Waals surface area contributed by atoms with Gasteiger partial charge in [0.25, 0.3) is 0 Å². The maximum atomic E-state index is 12.5. The molecule has 1 unspecified atom stereocenters. The minimum absolute atomic E-state index is 0.177. The molecule has 6 nitrogen and oxygen atoms in total. The Morgan fingerprint density at radius 1 is 1.37 bits per heavy atom. The van der Waals surface area contributed by atoms with Crippen molar-refractivity contribution >= 4 is 23.8 Å². The highest BCUT2D eigenvalue weighted by molar-refractivity contribution is 7.99. The number of carbonyl (C=O) groups is 2. The Balaban J connectivity index is 2.06. The van der Waals surface area contributed by atoms with Gasteiger partial charge in [-0.15, -0.1) is 0 Å². The van der Waals surface area contributed by atoms with Crippen LogP contribution in [0.5, 0.6) is 0 Å². The second-order valence-corrected chi connectivity index (χ2v) is 6.58. The Morgan fingerprint density at radius 3 is 2.74 bits per heavy atom. The van der Waals surface area contributed by atoms with Crippen LogP contribution >= 0.6 is 11.8 Å². The summed E-state index contributed by atoms with van der Waals surface area (Å²) >= 11 is 1.58. The summed E-state index contributed by atoms with van der Waals surface area (Å²) in [6.45, 7) is 5.90. The average molecular weight is 288 g/mol. The number of carbonyl (C=O) groups excluding carboxylic acids is 1. The van der Waals surface area contributed by atoms with Crippen LogP contribution in [0.2, 0.25) is 0 Å². The molecule has 2 amide bonds. The summed E-state index contributed by atoms with van der Waals surface area (Å²) in [6.07, 6.45) is 0. The number of nitrogens with zero attached hydrogens (tertiary/aromatic N) is 2. The van der Waals surface area contributed by atoms with Crippen molar-refractivity contribution in [2.24, 2.45) is 0 Å². The number of rotatable bonds is 1. The molecule has 0 saturated carbocycles. The first-order chi connectivity index (χ1) is 8.91. The Morgan fingerprint density at radius 2 is 2.11 bits per heavy atom. The molecule has 0 aromatic carbocycles. The van der Waals surface area contributed by atoms with Crippen LogP contribution in [0.1, 0.15) is 13.8 Å². The van der Waals surface area contributed by atoms with Crippen molar-refractivity contribution in [1.29, 1.82) is 0 Å². The van der Waals surface area contributed by atoms with E-state index < -0.39 is 12.0 Å². The molecular formula is C12H20N2O4S. The Hall–Kier alpha value is -0.950. The van der Waals surface area contributed by atoms with E-state index in [9.17, 15) is 14.7 Å². The van der Waals surface area contributed by atoms with Gasteiger partial charge in [0.1, 0.15) is 6.04 Å². The molecule has 1 atom stereocenters. The molecule has 0 aliphatic carbocycles. The van der Waals surface area contributed by atoms with Gasteiger partial charge >= 0.3 is 12.0 Å². The highest BCUT2D eigenvalue weighted by atomic mass is 32.2. The van der Waals surface area contributed by atoms with Crippen molar-refractivity contribution in [3.63, 3.8) is 0 Å². The lowest BCUT2D eigenvalue weighted by Crippen LogP contribution is -2.59. The fourth-order valence-corrected chi connectivity index (χ4v) is 3.44. The smallest absolute Gasteiger partial charge is 0.327 e. The molecule has 2 aliphatic rings. The van der Waals surface area contributed by atoms with Crippen molar-refractivity contribution in [3.8, 4) is 0 Å². The number of thioether (sulfide) groups is 1. The number of aliphatic carboxylic acids is 1. The van der Waals surface area contributed by atoms with E-state index in [1.54, 1.807) is 16.7 Å². The predicted octanol–water partition coefficient (Wildman–Crippen LogP) is 0.719. The molecule has 0 aromatic heterocycles. The third kappa shape index (κ3) is 3.33. The van der Waals surface area contributed by atoms with Gasteiger partial charge in [0, 0.05) is 24.6 Å². The lowest BCUT2D eigenvalue weighted by atomic mass is 10.1. The number of hydrogen-bond donors (Lipinski definition) is 1. The van der Waals surface area contributed by atoms with Crippen LogP contribution in [0.25, 0.3) is 0 Å². The largest absolute Gasteiger partial charge is 0.480 e. The van der Waals surface area contributed by atoms with Gasteiger partial charge in [0.05, 0.1) is 18.8 Å². The van der Waals surface area contributed by atoms with Crippen molar-refractivity contribution in [3.05, 3.63) is 0 Å². The number of urea groups is 1. The summed E-state index contributed by atoms with van der Waals surface area (Å²) in [7, 11) is 0. The molecule has 2 fully saturated rings. The van der Waals surface area contributed by atoms with Gasteiger partial charge in [0.15, 0.2) is 0 Å². The molecule has 2 aliphatic heterocycles. The molecule has 1 N–H and O–H groups in total. The van der Waals surface area contributed by atoms with Crippen molar-refractivity contribution in [2.45, 2.75) is 25.5 Å². The SMILES string of the molecule is CC1(C)CN(C(=O)N2CCSCC2C(=O)O)CCO1. The van der Waals surface area contributed by atoms with Gasteiger partial charge in [-0.25, -0.2) is 9.59 Å². The lowest BCUT2D eigenvalue weighted by Gasteiger charge is -2.42. The summed E-state index contributed by atoms with van der Waals surface area (Å²) in [6, 6.07) is -0.888. The van der Waals surface area contributed by atoms with Gasteiger partial charge in [-0.2, -0.15) is 11.8 Å². The standard InChI is InChI=1S/C12H20N2O4S/c1-12(2)8-13(3-5-18-12)11(17)14-4-6-19-7-9(14)10(15)16/h9H,3-8H2,1-2H3,(H,15,16). The maximum Gasteiger partial charge on any atom is 0.327 e. The number of ether oxygens (including phenoxy) is 1. The average Bonchev–Trinajstić information content (AvgIpc) is 2.36. The summed E-state index contributed by atoms with van der Waals surface area (Å²) in [5.41, 5.74) is -0.364. The summed E-state index contributed by atoms with van der Waals surface area (Å²) < 4.78 is 5.57. The molecule has 0 bridgehead atoms. The number of hydrogen-bond acceptors (Lipinski definition) is 4. The molecule has 0 aromatic rings. The number of amides is 2. The van der Waals surface area contributed by atoms with E-state index in [4.69, 9.17) is 4.74 Å². The van der Waals surface area contributed by atoms with Crippen LogP contribution < -0.4 is 0 Å². The minimum atomic E-state index is -0.923. The van der Waals surface area contributed by atoms with Crippen LogP contribution in [0, 0.1) is 0 Å². The third-order valence-corrected chi connectivity index (χ3v) is 4.38. The van der Waals surface area contributed by atoms with Gasteiger partial charge in [-0.1, -0.05) is 0 Å². The zero-order valence-corrected chi connectivity index (χ0v) is 12.1. The molecule has 7 heteroatoms. The first-order valence-electron chi connectivity index (χ1n) is 6.41. The third-order valence-electron chi connectivity index (χ3n) is 3.36. The van der Waals surface area contributed by atoms with E-state index in [0.29, 0.717) is 32.0 Å². The predicted molar refractivity (Wildman–Crippen MR) is 72.5 cm³/mol. The second kappa shape index (κ2) is 5.58. The number of morpholine rings is 1. The lowest BCUT2D eigenvalue weighted by molar-refractivity contribution is -0.141. The topological polar surface area (TPSA) is 70.1 Å². The molecule has 2 rings (SSSR count). The molecular weight excluding hydrogens is 268 g/mol. The van der Waals surface area contributed by atoms with Gasteiger partial charge in [-0.05, 0) is 13.8 Å². The molecule has 108 valence electrons. The number of carboxylic acids is 1. The van der Waals surface area contributed by atoms with E-state index in [-0.39, 0.29) is 11.6 Å². The van der Waals surface area contributed by atoms with E-state index in [0.717, 1.165) is 5.75 Å². The first kappa shape index (κ1) is 14.5. The van der Waals surface area contributed by atoms with Crippen molar-refractivity contribution in [2.75, 3.05) is 37.7 Å². The first-order valence-corrected chi connectivity index (χ1v) is 7.56. The Labute approximate surface area is 117 Å². The van der Waals surface area contributed by atoms with Crippen LogP contribution in [0.4, 0.5) is 4.79 Å². The summed E-state index contributed by atoms with van der Waals surface area (Å²) in [5, 5.41) is 9.21. The highest BCUT2D eigenvalue weighted by Crippen LogP contribution is 2.22. The maximum absolute atomic E-state index is 12.5. The van der Waals surface area contributed by atoms with E-state index >= 15 is 0 Å². The van der Waals surface area contributed by atoms with Crippen LogP contribution in [0.3, 0.4) is 0 Å². The molecule has 0 radical (unpaired) electrons. The molecule has 0 spiro atoms. The zero-order valence-electron chi connectivity index (χ0n) is 11.3. The fraction of sp³-hybridized carbons (Fsp3) is 0.833. The minimum Gasteiger partial charge on any atom is -0.480 e. The Kier molecular flexibility index (Phi) is 4.25. The number of carboxylic acid groups (broad SMARTS) is 1. The van der Waals surface area contributed by atoms with E-state index in [1.807, 2.05) is 13.8 Å². The summed E-state index contributed by atoms with van der Waals surface area (Å²) in [4.78, 5) is 26.9. The van der Waals surface area contributed by atoms with Gasteiger partial charge in [0.2, 0.25) is 0 Å². The van der Waals surface area contributed by atoms with Gasteiger partial charge < -0.3 is 19.6 Å². The Bertz CT molecular complexity index is 375. The van der Waals surface area contributed by atoms with Gasteiger partial charge in [-0.3, -0.25) is 0 Å². The summed E-state index contributed by atoms with van der Waals surface area (Å²) in [5.74, 6) is 0.339. The fourth-order valence-electron chi connectivity index (χ4n) is 2.40. The van der Waals surface area contributed by atoms with Crippen LogP contribution in [-0.4, -0.2) is 76.3 Å². The molecule has 2 saturated heterocycles. The zero-order chi connectivity index (χ0) is 14.0. The van der Waals surface area contributed by atoms with Crippen LogP contribution in [0.15, 0.2) is 0 Å². The van der Waals surface area contributed by atoms with Crippen LogP contribution in [-0.2, 0) is 9.53 Å². The van der Waals surface area contributed by atoms with Crippen molar-refractivity contribution in [1.82, 2.24) is 9.80 Å². The quantitative estimate of drug-likeness (QED) is 0.770. The highest BCUT2D eigenvalue weighted by Gasteiger charge is 2.37.